The van der Waals surface area contributed by atoms with Crippen molar-refractivity contribution in [3.63, 3.8) is 0 Å². The molecule has 1 aromatic heterocycles. The molecular weight excluding hydrogens is 380 g/mol. The second-order valence-corrected chi connectivity index (χ2v) is 9.05. The predicted molar refractivity (Wildman–Crippen MR) is 106 cm³/mol. The van der Waals surface area contributed by atoms with Gasteiger partial charge in [0.25, 0.3) is 5.91 Å². The molecule has 3 heterocycles. The second-order valence-electron chi connectivity index (χ2n) is 7.32. The van der Waals surface area contributed by atoms with E-state index in [2.05, 4.69) is 10.4 Å². The van der Waals surface area contributed by atoms with Crippen LogP contribution in [0.3, 0.4) is 0 Å². The Morgan fingerprint density at radius 1 is 1.25 bits per heavy atom. The number of amides is 2. The number of anilines is 1. The lowest BCUT2D eigenvalue weighted by molar-refractivity contribution is -0.121. The minimum absolute atomic E-state index is 0.227. The van der Waals surface area contributed by atoms with Crippen LogP contribution in [0.1, 0.15) is 35.1 Å². The number of nitrogens with zero attached hydrogens (tertiary/aromatic N) is 3. The highest BCUT2D eigenvalue weighted by molar-refractivity contribution is 8.01. The van der Waals surface area contributed by atoms with Crippen molar-refractivity contribution in [2.75, 3.05) is 19.5 Å². The van der Waals surface area contributed by atoms with Gasteiger partial charge in [-0.3, -0.25) is 14.3 Å². The highest BCUT2D eigenvalue weighted by Crippen LogP contribution is 2.58. The van der Waals surface area contributed by atoms with Crippen LogP contribution in [0.2, 0.25) is 0 Å². The van der Waals surface area contributed by atoms with Crippen molar-refractivity contribution in [3.05, 3.63) is 35.5 Å². The molecule has 4 rings (SSSR count). The van der Waals surface area contributed by atoms with Gasteiger partial charge in [0.15, 0.2) is 17.3 Å². The minimum atomic E-state index is -0.653. The van der Waals surface area contributed by atoms with Crippen molar-refractivity contribution in [2.24, 2.45) is 7.05 Å². The summed E-state index contributed by atoms with van der Waals surface area (Å²) in [6.45, 7) is 3.96. The van der Waals surface area contributed by atoms with Gasteiger partial charge in [-0.05, 0) is 19.9 Å². The van der Waals surface area contributed by atoms with Crippen LogP contribution in [0.5, 0.6) is 11.5 Å². The topological polar surface area (TPSA) is 85.7 Å². The maximum absolute atomic E-state index is 13.4. The monoisotopic (exact) mass is 402 g/mol. The molecule has 2 atom stereocenters. The minimum Gasteiger partial charge on any atom is -0.493 e. The molecule has 28 heavy (non-hydrogen) atoms. The van der Waals surface area contributed by atoms with E-state index in [0.717, 1.165) is 5.56 Å². The third-order valence-electron chi connectivity index (χ3n) is 5.11. The molecule has 1 fully saturated rings. The van der Waals surface area contributed by atoms with Gasteiger partial charge in [-0.25, -0.2) is 0 Å². The SMILES string of the molecule is COc1ccc2c(c1OC)C(=O)N1C2SC(C)(C)C1C(=O)Nc1ccn(C)n1. The van der Waals surface area contributed by atoms with E-state index in [0.29, 0.717) is 22.9 Å². The molecule has 0 radical (unpaired) electrons. The molecule has 2 aliphatic rings. The van der Waals surface area contributed by atoms with E-state index in [1.165, 1.54) is 14.2 Å². The third-order valence-corrected chi connectivity index (χ3v) is 6.65. The molecule has 1 N–H and O–H groups in total. The van der Waals surface area contributed by atoms with Gasteiger partial charge in [0.1, 0.15) is 11.4 Å². The number of benzene rings is 1. The molecule has 0 bridgehead atoms. The van der Waals surface area contributed by atoms with Gasteiger partial charge >= 0.3 is 0 Å². The number of nitrogens with one attached hydrogen (secondary N) is 1. The quantitative estimate of drug-likeness (QED) is 0.845. The summed E-state index contributed by atoms with van der Waals surface area (Å²) >= 11 is 1.59. The van der Waals surface area contributed by atoms with E-state index in [1.807, 2.05) is 19.9 Å². The Bertz CT molecular complexity index is 971. The molecule has 0 spiro atoms. The first-order chi connectivity index (χ1) is 13.3. The van der Waals surface area contributed by atoms with Gasteiger partial charge in [0, 0.05) is 29.6 Å². The lowest BCUT2D eigenvalue weighted by atomic mass is 10.0. The average Bonchev–Trinajstić information content (AvgIpc) is 3.26. The van der Waals surface area contributed by atoms with Crippen molar-refractivity contribution in [2.45, 2.75) is 30.0 Å². The zero-order chi connectivity index (χ0) is 20.2. The number of carbonyl (C=O) groups excluding carboxylic acids is 2. The lowest BCUT2D eigenvalue weighted by Gasteiger charge is -2.29. The van der Waals surface area contributed by atoms with Gasteiger partial charge in [0.05, 0.1) is 19.8 Å². The molecular formula is C19H22N4O4S. The number of ether oxygens (including phenoxy) is 2. The third kappa shape index (κ3) is 2.64. The normalized spacial score (nSPS) is 22.0. The summed E-state index contributed by atoms with van der Waals surface area (Å²) in [5, 5.41) is 6.79. The Kier molecular flexibility index (Phi) is 4.29. The van der Waals surface area contributed by atoms with Crippen LogP contribution < -0.4 is 14.8 Å². The fourth-order valence-electron chi connectivity index (χ4n) is 3.93. The van der Waals surface area contributed by atoms with E-state index >= 15 is 0 Å². The molecule has 0 saturated carbocycles. The summed E-state index contributed by atoms with van der Waals surface area (Å²) in [4.78, 5) is 28.1. The van der Waals surface area contributed by atoms with E-state index in [4.69, 9.17) is 9.47 Å². The Morgan fingerprint density at radius 3 is 2.61 bits per heavy atom. The Hall–Kier alpha value is -2.68. The van der Waals surface area contributed by atoms with Crippen LogP contribution in [-0.2, 0) is 11.8 Å². The van der Waals surface area contributed by atoms with Gasteiger partial charge in [0.2, 0.25) is 5.91 Å². The van der Waals surface area contributed by atoms with Crippen LogP contribution >= 0.6 is 11.8 Å². The summed E-state index contributed by atoms with van der Waals surface area (Å²) in [6, 6.07) is 4.74. The molecule has 2 aliphatic heterocycles. The number of carbonyl (C=O) groups is 2. The Morgan fingerprint density at radius 2 is 2.00 bits per heavy atom. The summed E-state index contributed by atoms with van der Waals surface area (Å²) in [6.07, 6.45) is 1.75. The van der Waals surface area contributed by atoms with E-state index in [-0.39, 0.29) is 17.2 Å². The van der Waals surface area contributed by atoms with Crippen LogP contribution in [-0.4, -0.2) is 51.5 Å². The number of fused-ring (bicyclic) bond motifs is 3. The number of hydrogen-bond acceptors (Lipinski definition) is 6. The highest BCUT2D eigenvalue weighted by Gasteiger charge is 2.58. The molecule has 0 aliphatic carbocycles. The standard InChI is InChI=1S/C19H22N4O4S/c1-19(2)15(16(24)20-12-8-9-22(3)21-12)23-17(25)13-10(18(23)28-19)6-7-11(26-4)14(13)27-5/h6-9,15,18H,1-5H3,(H,20,21,24). The van der Waals surface area contributed by atoms with Crippen molar-refractivity contribution < 1.29 is 19.1 Å². The first-order valence-corrected chi connectivity index (χ1v) is 9.72. The maximum Gasteiger partial charge on any atom is 0.260 e. The summed E-state index contributed by atoms with van der Waals surface area (Å²) < 4.78 is 11.9. The van der Waals surface area contributed by atoms with Crippen LogP contribution in [0.25, 0.3) is 0 Å². The molecule has 9 heteroatoms. The van der Waals surface area contributed by atoms with E-state index < -0.39 is 10.8 Å². The number of rotatable bonds is 4. The molecule has 1 aromatic carbocycles. The Labute approximate surface area is 167 Å². The summed E-state index contributed by atoms with van der Waals surface area (Å²) in [7, 11) is 4.82. The molecule has 2 unspecified atom stereocenters. The van der Waals surface area contributed by atoms with Crippen molar-refractivity contribution in [1.82, 2.24) is 14.7 Å². The number of thioether (sulfide) groups is 1. The summed E-state index contributed by atoms with van der Waals surface area (Å²) in [5.41, 5.74) is 1.30. The van der Waals surface area contributed by atoms with Gasteiger partial charge in [-0.15, -0.1) is 11.8 Å². The van der Waals surface area contributed by atoms with E-state index in [9.17, 15) is 9.59 Å². The van der Waals surface area contributed by atoms with Crippen molar-refractivity contribution >= 4 is 29.4 Å². The molecule has 148 valence electrons. The molecule has 8 nitrogen and oxygen atoms in total. The van der Waals surface area contributed by atoms with Crippen LogP contribution in [0.15, 0.2) is 24.4 Å². The Balaban J connectivity index is 1.73. The highest BCUT2D eigenvalue weighted by atomic mass is 32.2. The smallest absolute Gasteiger partial charge is 0.260 e. The fourth-order valence-corrected chi connectivity index (χ4v) is 5.51. The number of aryl methyl sites for hydroxylation is 1. The molecule has 1 saturated heterocycles. The maximum atomic E-state index is 13.4. The van der Waals surface area contributed by atoms with Gasteiger partial charge < -0.3 is 19.7 Å². The molecule has 2 amide bonds. The number of hydrogen-bond donors (Lipinski definition) is 1. The van der Waals surface area contributed by atoms with Crippen molar-refractivity contribution in [1.29, 1.82) is 0 Å². The predicted octanol–water partition coefficient (Wildman–Crippen LogP) is 2.42. The van der Waals surface area contributed by atoms with E-state index in [1.54, 1.807) is 46.7 Å². The second kappa shape index (κ2) is 6.44. The first-order valence-electron chi connectivity index (χ1n) is 8.84. The van der Waals surface area contributed by atoms with Crippen LogP contribution in [0, 0.1) is 0 Å². The number of aromatic nitrogens is 2. The molecule has 2 aromatic rings. The average molecular weight is 402 g/mol. The van der Waals surface area contributed by atoms with Gasteiger partial charge in [-0.2, -0.15) is 5.10 Å². The van der Waals surface area contributed by atoms with Crippen LogP contribution in [0.4, 0.5) is 5.82 Å². The first kappa shape index (κ1) is 18.7. The summed E-state index contributed by atoms with van der Waals surface area (Å²) in [5.74, 6) is 0.872. The lowest BCUT2D eigenvalue weighted by Crippen LogP contribution is -2.50. The number of methoxy groups -OCH3 is 2. The fraction of sp³-hybridized carbons (Fsp3) is 0.421. The van der Waals surface area contributed by atoms with Crippen molar-refractivity contribution in [3.8, 4) is 11.5 Å². The van der Waals surface area contributed by atoms with Gasteiger partial charge in [-0.1, -0.05) is 6.07 Å². The zero-order valence-corrected chi connectivity index (χ0v) is 17.2. The zero-order valence-electron chi connectivity index (χ0n) is 16.3. The largest absolute Gasteiger partial charge is 0.493 e.